The maximum atomic E-state index is 13.0. The van der Waals surface area contributed by atoms with Gasteiger partial charge < -0.3 is 25.7 Å². The largest absolute Gasteiger partial charge is 0.492 e. The highest BCUT2D eigenvalue weighted by Crippen LogP contribution is 2.17. The number of H-pyrrole nitrogens is 1. The van der Waals surface area contributed by atoms with Gasteiger partial charge in [-0.15, -0.1) is 0 Å². The number of anilines is 1. The number of nitrogens with one attached hydrogen (secondary N) is 2. The summed E-state index contributed by atoms with van der Waals surface area (Å²) in [6, 6.07) is 13.5. The van der Waals surface area contributed by atoms with Gasteiger partial charge in [0.05, 0.1) is 12.4 Å². The van der Waals surface area contributed by atoms with E-state index in [0.29, 0.717) is 42.4 Å². The number of imidazole rings is 1. The molecule has 9 nitrogen and oxygen atoms in total. The van der Waals surface area contributed by atoms with Crippen LogP contribution in [0.2, 0.25) is 5.02 Å². The standard InChI is InChI=1S/C25H29ClN6O3/c26-19-4-6-22(7-5-19)35-13-12-31-8-10-32(11-9-31)25(34)18-2-1-3-20(14-18)30-24(33)23(27)15-21-16-28-17-29-21/h1-7,14,16-17,23H,8-13,15,27H2,(H,28,29)(H,30,33). The van der Waals surface area contributed by atoms with Crippen molar-refractivity contribution in [1.82, 2.24) is 19.8 Å². The molecule has 1 unspecified atom stereocenters. The predicted molar refractivity (Wildman–Crippen MR) is 135 cm³/mol. The Morgan fingerprint density at radius 1 is 1.14 bits per heavy atom. The average molecular weight is 497 g/mol. The number of hydrogen-bond acceptors (Lipinski definition) is 6. The van der Waals surface area contributed by atoms with E-state index in [4.69, 9.17) is 22.1 Å². The van der Waals surface area contributed by atoms with E-state index < -0.39 is 6.04 Å². The van der Waals surface area contributed by atoms with Crippen LogP contribution in [0.15, 0.2) is 61.1 Å². The van der Waals surface area contributed by atoms with Crippen LogP contribution in [0.25, 0.3) is 0 Å². The molecule has 10 heteroatoms. The highest BCUT2D eigenvalue weighted by atomic mass is 35.5. The number of hydrogen-bond donors (Lipinski definition) is 3. The Bertz CT molecular complexity index is 1110. The number of piperazine rings is 1. The van der Waals surface area contributed by atoms with Crippen LogP contribution in [0.1, 0.15) is 16.1 Å². The Balaban J connectivity index is 1.23. The molecule has 0 saturated carbocycles. The van der Waals surface area contributed by atoms with E-state index in [1.807, 2.05) is 17.0 Å². The molecule has 184 valence electrons. The number of aromatic nitrogens is 2. The lowest BCUT2D eigenvalue weighted by molar-refractivity contribution is -0.117. The third-order valence-corrected chi connectivity index (χ3v) is 6.11. The molecule has 0 spiro atoms. The lowest BCUT2D eigenvalue weighted by Crippen LogP contribution is -2.49. The van der Waals surface area contributed by atoms with E-state index in [1.54, 1.807) is 48.9 Å². The zero-order valence-corrected chi connectivity index (χ0v) is 20.1. The first-order valence-electron chi connectivity index (χ1n) is 11.5. The summed E-state index contributed by atoms with van der Waals surface area (Å²) in [5.41, 5.74) is 7.86. The second-order valence-corrected chi connectivity index (χ2v) is 8.83. The van der Waals surface area contributed by atoms with Gasteiger partial charge in [-0.05, 0) is 42.5 Å². The van der Waals surface area contributed by atoms with E-state index in [-0.39, 0.29) is 11.8 Å². The number of halogens is 1. The summed E-state index contributed by atoms with van der Waals surface area (Å²) < 4.78 is 5.77. The van der Waals surface area contributed by atoms with Crippen molar-refractivity contribution in [2.45, 2.75) is 12.5 Å². The van der Waals surface area contributed by atoms with Gasteiger partial charge in [0.2, 0.25) is 5.91 Å². The van der Waals surface area contributed by atoms with Crippen LogP contribution in [0, 0.1) is 0 Å². The van der Waals surface area contributed by atoms with Crippen molar-refractivity contribution >= 4 is 29.1 Å². The summed E-state index contributed by atoms with van der Waals surface area (Å²) in [4.78, 5) is 36.5. The van der Waals surface area contributed by atoms with Crippen LogP contribution >= 0.6 is 11.6 Å². The lowest BCUT2D eigenvalue weighted by atomic mass is 10.1. The number of aromatic amines is 1. The molecule has 1 atom stereocenters. The predicted octanol–water partition coefficient (Wildman–Crippen LogP) is 2.41. The Labute approximate surface area is 209 Å². The van der Waals surface area contributed by atoms with Crippen LogP contribution in [-0.4, -0.2) is 77.0 Å². The molecule has 0 bridgehead atoms. The number of amides is 2. The highest BCUT2D eigenvalue weighted by Gasteiger charge is 2.23. The fourth-order valence-corrected chi connectivity index (χ4v) is 4.00. The van der Waals surface area contributed by atoms with Crippen LogP contribution in [-0.2, 0) is 11.2 Å². The van der Waals surface area contributed by atoms with Crippen LogP contribution < -0.4 is 15.8 Å². The number of nitrogens with two attached hydrogens (primary N) is 1. The minimum absolute atomic E-state index is 0.0556. The number of nitrogens with zero attached hydrogens (tertiary/aromatic N) is 3. The number of carbonyl (C=O) groups excluding carboxylic acids is 2. The molecule has 4 rings (SSSR count). The summed E-state index contributed by atoms with van der Waals surface area (Å²) >= 11 is 5.90. The summed E-state index contributed by atoms with van der Waals surface area (Å²) in [6.07, 6.45) is 3.53. The summed E-state index contributed by atoms with van der Waals surface area (Å²) in [6.45, 7) is 4.16. The van der Waals surface area contributed by atoms with Gasteiger partial charge in [-0.2, -0.15) is 0 Å². The van der Waals surface area contributed by atoms with E-state index in [0.717, 1.165) is 31.1 Å². The first-order valence-corrected chi connectivity index (χ1v) is 11.9. The monoisotopic (exact) mass is 496 g/mol. The van der Waals surface area contributed by atoms with Gasteiger partial charge in [0.1, 0.15) is 12.4 Å². The number of carbonyl (C=O) groups is 2. The number of rotatable bonds is 9. The maximum Gasteiger partial charge on any atom is 0.254 e. The molecule has 1 aliphatic heterocycles. The van der Waals surface area contributed by atoms with Crippen molar-refractivity contribution in [3.8, 4) is 5.75 Å². The van der Waals surface area contributed by atoms with Crippen molar-refractivity contribution in [3.05, 3.63) is 77.3 Å². The molecular weight excluding hydrogens is 468 g/mol. The number of benzene rings is 2. The van der Waals surface area contributed by atoms with Crippen molar-refractivity contribution < 1.29 is 14.3 Å². The van der Waals surface area contributed by atoms with Crippen molar-refractivity contribution in [2.24, 2.45) is 5.73 Å². The Morgan fingerprint density at radius 3 is 2.63 bits per heavy atom. The van der Waals surface area contributed by atoms with Crippen LogP contribution in [0.4, 0.5) is 5.69 Å². The minimum atomic E-state index is -0.730. The van der Waals surface area contributed by atoms with Gasteiger partial charge in [0, 0.05) is 67.3 Å². The topological polar surface area (TPSA) is 117 Å². The maximum absolute atomic E-state index is 13.0. The average Bonchev–Trinajstić information content (AvgIpc) is 3.38. The number of ether oxygens (including phenoxy) is 1. The first kappa shape index (κ1) is 24.7. The van der Waals surface area contributed by atoms with Gasteiger partial charge in [0.25, 0.3) is 5.91 Å². The minimum Gasteiger partial charge on any atom is -0.492 e. The smallest absolute Gasteiger partial charge is 0.254 e. The molecular formula is C25H29ClN6O3. The Hall–Kier alpha value is -3.40. The molecule has 3 aromatic rings. The molecule has 2 heterocycles. The lowest BCUT2D eigenvalue weighted by Gasteiger charge is -2.34. The quantitative estimate of drug-likeness (QED) is 0.419. The van der Waals surface area contributed by atoms with E-state index in [2.05, 4.69) is 20.2 Å². The Kier molecular flexibility index (Phi) is 8.36. The summed E-state index contributed by atoms with van der Waals surface area (Å²) in [5.74, 6) is 0.413. The van der Waals surface area contributed by atoms with Gasteiger partial charge in [-0.3, -0.25) is 14.5 Å². The molecule has 1 fully saturated rings. The van der Waals surface area contributed by atoms with Crippen molar-refractivity contribution in [2.75, 3.05) is 44.6 Å². The Morgan fingerprint density at radius 2 is 1.91 bits per heavy atom. The molecule has 0 aliphatic carbocycles. The second kappa shape index (κ2) is 11.8. The van der Waals surface area contributed by atoms with E-state index in [9.17, 15) is 9.59 Å². The molecule has 2 amide bonds. The highest BCUT2D eigenvalue weighted by molar-refractivity contribution is 6.30. The SMILES string of the molecule is NC(Cc1cnc[nH]1)C(=O)Nc1cccc(C(=O)N2CCN(CCOc3ccc(Cl)cc3)CC2)c1. The molecule has 1 saturated heterocycles. The second-order valence-electron chi connectivity index (χ2n) is 8.39. The zero-order valence-electron chi connectivity index (χ0n) is 19.3. The van der Waals surface area contributed by atoms with E-state index in [1.165, 1.54) is 0 Å². The van der Waals surface area contributed by atoms with Gasteiger partial charge >= 0.3 is 0 Å². The molecule has 1 aromatic heterocycles. The summed E-state index contributed by atoms with van der Waals surface area (Å²) in [7, 11) is 0. The summed E-state index contributed by atoms with van der Waals surface area (Å²) in [5, 5.41) is 3.48. The third kappa shape index (κ3) is 7.05. The first-order chi connectivity index (χ1) is 17.0. The molecule has 35 heavy (non-hydrogen) atoms. The fourth-order valence-electron chi connectivity index (χ4n) is 3.87. The van der Waals surface area contributed by atoms with Crippen LogP contribution in [0.3, 0.4) is 0 Å². The zero-order chi connectivity index (χ0) is 24.6. The third-order valence-electron chi connectivity index (χ3n) is 5.86. The molecule has 4 N–H and O–H groups in total. The van der Waals surface area contributed by atoms with Crippen molar-refractivity contribution in [1.29, 1.82) is 0 Å². The van der Waals surface area contributed by atoms with Crippen LogP contribution in [0.5, 0.6) is 5.75 Å². The fraction of sp³-hybridized carbons (Fsp3) is 0.320. The van der Waals surface area contributed by atoms with Gasteiger partial charge in [-0.1, -0.05) is 17.7 Å². The normalized spacial score (nSPS) is 15.0. The molecule has 0 radical (unpaired) electrons. The van der Waals surface area contributed by atoms with Gasteiger partial charge in [0.15, 0.2) is 0 Å². The molecule has 2 aromatic carbocycles. The van der Waals surface area contributed by atoms with Gasteiger partial charge in [-0.25, -0.2) is 4.98 Å². The van der Waals surface area contributed by atoms with Crippen molar-refractivity contribution in [3.63, 3.8) is 0 Å². The van der Waals surface area contributed by atoms with E-state index >= 15 is 0 Å². The molecule has 1 aliphatic rings.